The van der Waals surface area contributed by atoms with Gasteiger partial charge in [-0.3, -0.25) is 4.79 Å². The zero-order valence-electron chi connectivity index (χ0n) is 21.8. The molecule has 0 radical (unpaired) electrons. The zero-order chi connectivity index (χ0) is 26.4. The van der Waals surface area contributed by atoms with Gasteiger partial charge in [0.1, 0.15) is 0 Å². The van der Waals surface area contributed by atoms with Gasteiger partial charge >= 0.3 is 0 Å². The van der Waals surface area contributed by atoms with Gasteiger partial charge in [0.05, 0.1) is 4.90 Å². The highest BCUT2D eigenvalue weighted by molar-refractivity contribution is 7.89. The van der Waals surface area contributed by atoms with Crippen LogP contribution in [0.4, 0.5) is 0 Å². The highest BCUT2D eigenvalue weighted by Gasteiger charge is 2.17. The minimum Gasteiger partial charge on any atom is -0.354 e. The van der Waals surface area contributed by atoms with Gasteiger partial charge in [0.15, 0.2) is 0 Å². The number of benzene rings is 3. The molecule has 0 aliphatic heterocycles. The van der Waals surface area contributed by atoms with Crippen LogP contribution in [0.3, 0.4) is 0 Å². The molecule has 0 spiro atoms. The summed E-state index contributed by atoms with van der Waals surface area (Å²) in [5, 5.41) is 1.06. The monoisotopic (exact) mass is 517 g/mol. The number of carbonyl (C=O) groups excluding carboxylic acids is 1. The number of amides is 1. The van der Waals surface area contributed by atoms with E-state index in [4.69, 9.17) is 0 Å². The molecule has 0 bridgehead atoms. The van der Waals surface area contributed by atoms with E-state index in [1.165, 1.54) is 6.42 Å². The number of aromatic nitrogens is 1. The van der Waals surface area contributed by atoms with Crippen molar-refractivity contribution in [3.05, 3.63) is 89.5 Å². The Bertz CT molecular complexity index is 1450. The molecule has 7 heteroatoms. The SMILES string of the molecule is CCCCCc1ccc(S(=O)(=O)NCCc2c(-c3ccc(C(=O)N(C)C)cc3)[nH]c3ccccc23)cc1. The Hall–Kier alpha value is -3.42. The van der Waals surface area contributed by atoms with Crippen LogP contribution in [-0.2, 0) is 22.9 Å². The number of sulfonamides is 1. The number of aryl methyl sites for hydroxylation is 1. The molecule has 37 heavy (non-hydrogen) atoms. The molecule has 0 saturated carbocycles. The summed E-state index contributed by atoms with van der Waals surface area (Å²) in [6.45, 7) is 2.44. The number of unbranched alkanes of at least 4 members (excludes halogenated alkanes) is 2. The molecular formula is C30H35N3O3S. The molecule has 4 rings (SSSR count). The largest absolute Gasteiger partial charge is 0.354 e. The number of nitrogens with one attached hydrogen (secondary N) is 2. The first-order valence-electron chi connectivity index (χ1n) is 12.8. The molecule has 0 aliphatic rings. The van der Waals surface area contributed by atoms with Gasteiger partial charge in [-0.2, -0.15) is 0 Å². The summed E-state index contributed by atoms with van der Waals surface area (Å²) in [6, 6.07) is 22.7. The number of aromatic amines is 1. The third kappa shape index (κ3) is 6.29. The van der Waals surface area contributed by atoms with E-state index in [9.17, 15) is 13.2 Å². The van der Waals surface area contributed by atoms with Crippen molar-refractivity contribution in [1.29, 1.82) is 0 Å². The van der Waals surface area contributed by atoms with Crippen molar-refractivity contribution in [1.82, 2.24) is 14.6 Å². The molecule has 2 N–H and O–H groups in total. The molecule has 1 aromatic heterocycles. The molecule has 0 aliphatic carbocycles. The standard InChI is InChI=1S/C30H35N3O3S/c1-4-5-6-9-22-12-18-25(19-13-22)37(35,36)31-21-20-27-26-10-7-8-11-28(26)32-29(27)23-14-16-24(17-15-23)30(34)33(2)3/h7-8,10-19,31-32H,4-6,9,20-21H2,1-3H3. The fourth-order valence-electron chi connectivity index (χ4n) is 4.55. The van der Waals surface area contributed by atoms with E-state index in [0.29, 0.717) is 12.0 Å². The summed E-state index contributed by atoms with van der Waals surface area (Å²) in [7, 11) is -0.149. The van der Waals surface area contributed by atoms with Gasteiger partial charge in [-0.15, -0.1) is 0 Å². The van der Waals surface area contributed by atoms with Crippen molar-refractivity contribution in [2.24, 2.45) is 0 Å². The van der Waals surface area contributed by atoms with E-state index >= 15 is 0 Å². The third-order valence-corrected chi connectivity index (χ3v) is 8.09. The second-order valence-corrected chi connectivity index (χ2v) is 11.3. The van der Waals surface area contributed by atoms with Crippen LogP contribution in [0.1, 0.15) is 47.7 Å². The van der Waals surface area contributed by atoms with E-state index in [1.807, 2.05) is 60.7 Å². The fraction of sp³-hybridized carbons (Fsp3) is 0.300. The van der Waals surface area contributed by atoms with E-state index in [2.05, 4.69) is 16.6 Å². The van der Waals surface area contributed by atoms with Gasteiger partial charge in [-0.05, 0) is 66.3 Å². The van der Waals surface area contributed by atoms with Crippen LogP contribution in [-0.4, -0.2) is 44.8 Å². The number of nitrogens with zero attached hydrogens (tertiary/aromatic N) is 1. The molecule has 0 unspecified atom stereocenters. The van der Waals surface area contributed by atoms with Crippen LogP contribution in [0.2, 0.25) is 0 Å². The van der Waals surface area contributed by atoms with Crippen molar-refractivity contribution >= 4 is 26.8 Å². The Balaban J connectivity index is 1.51. The molecule has 6 nitrogen and oxygen atoms in total. The number of hydrogen-bond acceptors (Lipinski definition) is 3. The van der Waals surface area contributed by atoms with Crippen molar-refractivity contribution in [3.63, 3.8) is 0 Å². The number of hydrogen-bond donors (Lipinski definition) is 2. The van der Waals surface area contributed by atoms with Crippen LogP contribution in [0.15, 0.2) is 77.7 Å². The molecule has 1 amide bonds. The van der Waals surface area contributed by atoms with Crippen LogP contribution >= 0.6 is 0 Å². The maximum Gasteiger partial charge on any atom is 0.253 e. The van der Waals surface area contributed by atoms with Crippen molar-refractivity contribution < 1.29 is 13.2 Å². The highest BCUT2D eigenvalue weighted by Crippen LogP contribution is 2.31. The predicted octanol–water partition coefficient (Wildman–Crippen LogP) is 5.79. The van der Waals surface area contributed by atoms with Gasteiger partial charge in [0, 0.05) is 42.8 Å². The minimum atomic E-state index is -3.61. The Labute approximate surface area is 219 Å². The first kappa shape index (κ1) is 26.6. The molecule has 4 aromatic rings. The third-order valence-electron chi connectivity index (χ3n) is 6.61. The molecular weight excluding hydrogens is 482 g/mol. The average Bonchev–Trinajstić information content (AvgIpc) is 3.27. The maximum absolute atomic E-state index is 13.0. The lowest BCUT2D eigenvalue weighted by Gasteiger charge is -2.11. The first-order chi connectivity index (χ1) is 17.8. The molecule has 3 aromatic carbocycles. The topological polar surface area (TPSA) is 82.3 Å². The van der Waals surface area contributed by atoms with E-state index in [1.54, 1.807) is 31.1 Å². The van der Waals surface area contributed by atoms with Gasteiger partial charge in [-0.25, -0.2) is 13.1 Å². The summed E-state index contributed by atoms with van der Waals surface area (Å²) >= 11 is 0. The van der Waals surface area contributed by atoms with Gasteiger partial charge in [0.25, 0.3) is 5.91 Å². The Morgan fingerprint density at radius 1 is 0.892 bits per heavy atom. The van der Waals surface area contributed by atoms with Crippen LogP contribution < -0.4 is 4.72 Å². The van der Waals surface area contributed by atoms with Crippen molar-refractivity contribution in [3.8, 4) is 11.3 Å². The van der Waals surface area contributed by atoms with Crippen LogP contribution in [0.25, 0.3) is 22.2 Å². The molecule has 0 saturated heterocycles. The van der Waals surface area contributed by atoms with Crippen molar-refractivity contribution in [2.75, 3.05) is 20.6 Å². The minimum absolute atomic E-state index is 0.0492. The summed E-state index contributed by atoms with van der Waals surface area (Å²) in [5.41, 5.74) is 5.69. The number of H-pyrrole nitrogens is 1. The van der Waals surface area contributed by atoms with Crippen LogP contribution in [0.5, 0.6) is 0 Å². The second kappa shape index (κ2) is 11.8. The lowest BCUT2D eigenvalue weighted by atomic mass is 10.0. The predicted molar refractivity (Wildman–Crippen MR) is 150 cm³/mol. The normalized spacial score (nSPS) is 11.6. The van der Waals surface area contributed by atoms with E-state index < -0.39 is 10.0 Å². The van der Waals surface area contributed by atoms with Gasteiger partial charge < -0.3 is 9.88 Å². The fourth-order valence-corrected chi connectivity index (χ4v) is 5.58. The molecule has 194 valence electrons. The summed E-state index contributed by atoms with van der Waals surface area (Å²) in [5.74, 6) is -0.0492. The Morgan fingerprint density at radius 3 is 2.27 bits per heavy atom. The number of carbonyl (C=O) groups is 1. The molecule has 0 atom stereocenters. The Morgan fingerprint density at radius 2 is 1.59 bits per heavy atom. The average molecular weight is 518 g/mol. The Kier molecular flexibility index (Phi) is 8.46. The van der Waals surface area contributed by atoms with Gasteiger partial charge in [-0.1, -0.05) is 62.2 Å². The first-order valence-corrected chi connectivity index (χ1v) is 14.3. The van der Waals surface area contributed by atoms with Gasteiger partial charge in [0.2, 0.25) is 10.0 Å². The lowest BCUT2D eigenvalue weighted by molar-refractivity contribution is 0.0827. The lowest BCUT2D eigenvalue weighted by Crippen LogP contribution is -2.26. The maximum atomic E-state index is 13.0. The smallest absolute Gasteiger partial charge is 0.253 e. The summed E-state index contributed by atoms with van der Waals surface area (Å²) < 4.78 is 28.7. The number of fused-ring (bicyclic) bond motifs is 1. The number of para-hydroxylation sites is 1. The van der Waals surface area contributed by atoms with Crippen molar-refractivity contribution in [2.45, 2.75) is 43.9 Å². The highest BCUT2D eigenvalue weighted by atomic mass is 32.2. The number of rotatable bonds is 11. The molecule has 0 fully saturated rings. The van der Waals surface area contributed by atoms with E-state index in [-0.39, 0.29) is 17.3 Å². The molecule has 1 heterocycles. The van der Waals surface area contributed by atoms with Crippen LogP contribution in [0, 0.1) is 0 Å². The summed E-state index contributed by atoms with van der Waals surface area (Å²) in [6.07, 6.45) is 4.94. The quantitative estimate of drug-likeness (QED) is 0.247. The van der Waals surface area contributed by atoms with E-state index in [0.717, 1.165) is 52.5 Å². The zero-order valence-corrected chi connectivity index (χ0v) is 22.6. The summed E-state index contributed by atoms with van der Waals surface area (Å²) in [4.78, 5) is 17.6. The second-order valence-electron chi connectivity index (χ2n) is 9.55.